The van der Waals surface area contributed by atoms with E-state index in [-0.39, 0.29) is 0 Å². The molecule has 0 saturated carbocycles. The van der Waals surface area contributed by atoms with E-state index in [4.69, 9.17) is 14.6 Å². The topological polar surface area (TPSA) is 76.1 Å². The van der Waals surface area contributed by atoms with Crippen LogP contribution in [0, 0.1) is 0 Å². The lowest BCUT2D eigenvalue weighted by atomic mass is 10.1. The van der Waals surface area contributed by atoms with Crippen LogP contribution in [0.3, 0.4) is 0 Å². The highest BCUT2D eigenvalue weighted by atomic mass is 16.5. The maximum atomic E-state index is 11.2. The van der Waals surface area contributed by atoms with Gasteiger partial charge in [0, 0.05) is 19.7 Å². The van der Waals surface area contributed by atoms with Crippen molar-refractivity contribution in [2.24, 2.45) is 0 Å². The van der Waals surface area contributed by atoms with Gasteiger partial charge in [0.2, 0.25) is 0 Å². The summed E-state index contributed by atoms with van der Waals surface area (Å²) in [6.07, 6.45) is 0.503. The average Bonchev–Trinajstić information content (AvgIpc) is 2.43. The Morgan fingerprint density at radius 2 is 1.95 bits per heavy atom. The normalized spacial score (nSPS) is 9.84. The van der Waals surface area contributed by atoms with Crippen LogP contribution in [0.1, 0.15) is 5.56 Å². The van der Waals surface area contributed by atoms with Crippen molar-refractivity contribution in [2.75, 3.05) is 27.8 Å². The first-order chi connectivity index (χ1) is 8.99. The number of methoxy groups -OCH3 is 2. The molecular formula is C13H17NO5. The first-order valence-electron chi connectivity index (χ1n) is 5.69. The Hall–Kier alpha value is -2.24. The Kier molecular flexibility index (Phi) is 5.17. The minimum Gasteiger partial charge on any atom is -0.497 e. The van der Waals surface area contributed by atoms with Crippen molar-refractivity contribution in [3.8, 4) is 11.5 Å². The molecule has 1 rings (SSSR count). The van der Waals surface area contributed by atoms with E-state index >= 15 is 0 Å². The SMILES string of the molecule is COc1ccc(CCN(C)C(=O)C(=O)O)c(OC)c1. The fourth-order valence-corrected chi connectivity index (χ4v) is 1.61. The monoisotopic (exact) mass is 267 g/mol. The molecule has 0 radical (unpaired) electrons. The van der Waals surface area contributed by atoms with Gasteiger partial charge in [0.25, 0.3) is 0 Å². The number of benzene rings is 1. The Bertz CT molecular complexity index is 472. The molecule has 0 aliphatic rings. The molecule has 1 aromatic rings. The molecule has 0 aromatic heterocycles. The van der Waals surface area contributed by atoms with Crippen LogP contribution in [-0.4, -0.2) is 49.7 Å². The number of carbonyl (C=O) groups excluding carboxylic acids is 1. The Morgan fingerprint density at radius 1 is 1.26 bits per heavy atom. The van der Waals surface area contributed by atoms with Gasteiger partial charge < -0.3 is 19.5 Å². The third-order valence-electron chi connectivity index (χ3n) is 2.74. The number of rotatable bonds is 5. The third kappa shape index (κ3) is 3.87. The van der Waals surface area contributed by atoms with Crippen molar-refractivity contribution in [2.45, 2.75) is 6.42 Å². The van der Waals surface area contributed by atoms with Crippen molar-refractivity contribution in [1.82, 2.24) is 4.90 Å². The molecule has 0 heterocycles. The molecule has 1 N–H and O–H groups in total. The number of carbonyl (C=O) groups is 2. The van der Waals surface area contributed by atoms with Crippen LogP contribution in [0.15, 0.2) is 18.2 Å². The summed E-state index contributed by atoms with van der Waals surface area (Å²) in [6.45, 7) is 0.299. The summed E-state index contributed by atoms with van der Waals surface area (Å²) >= 11 is 0. The molecule has 0 aliphatic heterocycles. The van der Waals surface area contributed by atoms with Crippen LogP contribution in [0.2, 0.25) is 0 Å². The summed E-state index contributed by atoms with van der Waals surface area (Å²) in [5.41, 5.74) is 0.883. The van der Waals surface area contributed by atoms with E-state index in [0.29, 0.717) is 24.5 Å². The first kappa shape index (κ1) is 14.8. The molecule has 1 amide bonds. The molecule has 6 nitrogen and oxygen atoms in total. The largest absolute Gasteiger partial charge is 0.497 e. The van der Waals surface area contributed by atoms with Gasteiger partial charge in [-0.2, -0.15) is 0 Å². The minimum absolute atomic E-state index is 0.299. The van der Waals surface area contributed by atoms with Crippen LogP contribution in [0.25, 0.3) is 0 Å². The molecule has 0 saturated heterocycles. The summed E-state index contributed by atoms with van der Waals surface area (Å²) in [7, 11) is 4.56. The van der Waals surface area contributed by atoms with E-state index in [1.165, 1.54) is 7.05 Å². The summed E-state index contributed by atoms with van der Waals surface area (Å²) in [5, 5.41) is 8.59. The zero-order valence-electron chi connectivity index (χ0n) is 11.2. The molecule has 0 aliphatic carbocycles. The predicted molar refractivity (Wildman–Crippen MR) is 68.5 cm³/mol. The molecule has 0 bridgehead atoms. The molecule has 104 valence electrons. The van der Waals surface area contributed by atoms with Gasteiger partial charge in [-0.3, -0.25) is 4.79 Å². The van der Waals surface area contributed by atoms with Gasteiger partial charge in [0.15, 0.2) is 0 Å². The Balaban J connectivity index is 2.72. The van der Waals surface area contributed by atoms with Gasteiger partial charge in [-0.25, -0.2) is 4.79 Å². The van der Waals surface area contributed by atoms with Crippen LogP contribution in [0.4, 0.5) is 0 Å². The van der Waals surface area contributed by atoms with Crippen LogP contribution in [0.5, 0.6) is 11.5 Å². The lowest BCUT2D eigenvalue weighted by Crippen LogP contribution is -2.34. The summed E-state index contributed by atoms with van der Waals surface area (Å²) in [6, 6.07) is 5.36. The van der Waals surface area contributed by atoms with Crippen LogP contribution < -0.4 is 9.47 Å². The number of amides is 1. The van der Waals surface area contributed by atoms with Crippen molar-refractivity contribution in [3.05, 3.63) is 23.8 Å². The number of hydrogen-bond donors (Lipinski definition) is 1. The number of carboxylic acid groups (broad SMARTS) is 1. The van der Waals surface area contributed by atoms with Gasteiger partial charge in [-0.05, 0) is 18.1 Å². The fourth-order valence-electron chi connectivity index (χ4n) is 1.61. The highest BCUT2D eigenvalue weighted by Gasteiger charge is 2.17. The van der Waals surface area contributed by atoms with Gasteiger partial charge >= 0.3 is 11.9 Å². The second-order valence-electron chi connectivity index (χ2n) is 3.96. The molecule has 1 aromatic carbocycles. The van der Waals surface area contributed by atoms with E-state index in [1.54, 1.807) is 26.4 Å². The van der Waals surface area contributed by atoms with Crippen molar-refractivity contribution in [1.29, 1.82) is 0 Å². The molecule has 0 atom stereocenters. The van der Waals surface area contributed by atoms with Crippen LogP contribution in [-0.2, 0) is 16.0 Å². The first-order valence-corrected chi connectivity index (χ1v) is 5.69. The zero-order valence-corrected chi connectivity index (χ0v) is 11.2. The quantitative estimate of drug-likeness (QED) is 0.798. The van der Waals surface area contributed by atoms with Crippen LogP contribution >= 0.6 is 0 Å². The molecule has 19 heavy (non-hydrogen) atoms. The summed E-state index contributed by atoms with van der Waals surface area (Å²) < 4.78 is 10.3. The van der Waals surface area contributed by atoms with E-state index < -0.39 is 11.9 Å². The molecule has 0 unspecified atom stereocenters. The highest BCUT2D eigenvalue weighted by Crippen LogP contribution is 2.24. The standard InChI is InChI=1S/C13H17NO5/c1-14(12(15)13(16)17)7-6-9-4-5-10(18-2)8-11(9)19-3/h4-5,8H,6-7H2,1-3H3,(H,16,17). The van der Waals surface area contributed by atoms with E-state index in [2.05, 4.69) is 0 Å². The summed E-state index contributed by atoms with van der Waals surface area (Å²) in [5.74, 6) is -1.05. The Labute approximate surface area is 111 Å². The molecule has 0 fully saturated rings. The molecule has 6 heteroatoms. The van der Waals surface area contributed by atoms with Crippen molar-refractivity contribution < 1.29 is 24.2 Å². The van der Waals surface area contributed by atoms with Crippen molar-refractivity contribution in [3.63, 3.8) is 0 Å². The maximum Gasteiger partial charge on any atom is 0.394 e. The maximum absolute atomic E-state index is 11.2. The smallest absolute Gasteiger partial charge is 0.394 e. The zero-order chi connectivity index (χ0) is 14.4. The second kappa shape index (κ2) is 6.63. The predicted octanol–water partition coefficient (Wildman–Crippen LogP) is 0.789. The number of carboxylic acids is 1. The van der Waals surface area contributed by atoms with Gasteiger partial charge in [-0.1, -0.05) is 6.07 Å². The number of hydrogen-bond acceptors (Lipinski definition) is 4. The van der Waals surface area contributed by atoms with Crippen molar-refractivity contribution >= 4 is 11.9 Å². The van der Waals surface area contributed by atoms with Gasteiger partial charge in [-0.15, -0.1) is 0 Å². The van der Waals surface area contributed by atoms with E-state index in [1.807, 2.05) is 6.07 Å². The van der Waals surface area contributed by atoms with E-state index in [0.717, 1.165) is 10.5 Å². The minimum atomic E-state index is -1.45. The Morgan fingerprint density at radius 3 is 2.47 bits per heavy atom. The lowest BCUT2D eigenvalue weighted by molar-refractivity contribution is -0.155. The second-order valence-corrected chi connectivity index (χ2v) is 3.96. The molecule has 0 spiro atoms. The average molecular weight is 267 g/mol. The number of nitrogens with zero attached hydrogens (tertiary/aromatic N) is 1. The van der Waals surface area contributed by atoms with E-state index in [9.17, 15) is 9.59 Å². The highest BCUT2D eigenvalue weighted by molar-refractivity contribution is 6.31. The summed E-state index contributed by atoms with van der Waals surface area (Å²) in [4.78, 5) is 22.9. The molecular weight excluding hydrogens is 250 g/mol. The lowest BCUT2D eigenvalue weighted by Gasteiger charge is -2.16. The fraction of sp³-hybridized carbons (Fsp3) is 0.385. The van der Waals surface area contributed by atoms with Gasteiger partial charge in [0.05, 0.1) is 14.2 Å². The number of aliphatic carboxylic acids is 1. The number of likely N-dealkylation sites (N-methyl/N-ethyl adjacent to an activating group) is 1. The number of ether oxygens (including phenoxy) is 2. The third-order valence-corrected chi connectivity index (χ3v) is 2.74. The van der Waals surface area contributed by atoms with Gasteiger partial charge in [0.1, 0.15) is 11.5 Å².